The minimum atomic E-state index is -0.540. The van der Waals surface area contributed by atoms with Crippen LogP contribution in [0.3, 0.4) is 0 Å². The summed E-state index contributed by atoms with van der Waals surface area (Å²) in [5, 5.41) is 0. The predicted octanol–water partition coefficient (Wildman–Crippen LogP) is 3.32. The Labute approximate surface area is 137 Å². The van der Waals surface area contributed by atoms with Crippen LogP contribution in [-0.2, 0) is 14.3 Å². The van der Waals surface area contributed by atoms with Crippen molar-refractivity contribution in [1.82, 2.24) is 0 Å². The highest BCUT2D eigenvalue weighted by molar-refractivity contribution is 6.08. The molecule has 0 bridgehead atoms. The molecule has 0 aromatic carbocycles. The molecule has 124 valence electrons. The van der Waals surface area contributed by atoms with Gasteiger partial charge in [0.25, 0.3) is 0 Å². The molecule has 5 fully saturated rings. The molecule has 3 nitrogen and oxygen atoms in total. The summed E-state index contributed by atoms with van der Waals surface area (Å²) < 4.78 is 6.05. The largest absolute Gasteiger partial charge is 0.356 e. The van der Waals surface area contributed by atoms with E-state index in [0.29, 0.717) is 24.0 Å². The molecule has 4 aliphatic carbocycles. The molecule has 1 saturated heterocycles. The predicted molar refractivity (Wildman–Crippen MR) is 85.7 cm³/mol. The molecule has 0 unspecified atom stereocenters. The van der Waals surface area contributed by atoms with Crippen LogP contribution >= 0.6 is 0 Å². The minimum absolute atomic E-state index is 0.00488. The van der Waals surface area contributed by atoms with E-state index in [1.54, 1.807) is 0 Å². The molecule has 3 heteroatoms. The highest BCUT2D eigenvalue weighted by atomic mass is 16.6. The second-order valence-electron chi connectivity index (χ2n) is 9.55. The molecule has 1 heterocycles. The molecule has 5 rings (SSSR count). The maximum Gasteiger partial charge on any atom is 0.190 e. The Hall–Kier alpha value is -0.960. The molecule has 0 radical (unpaired) electrons. The number of ketones is 2. The van der Waals surface area contributed by atoms with E-state index in [2.05, 4.69) is 34.3 Å². The Bertz CT molecular complexity index is 693. The summed E-state index contributed by atoms with van der Waals surface area (Å²) in [6.45, 7) is 13.2. The molecular formula is C20H26O3. The van der Waals surface area contributed by atoms with Gasteiger partial charge in [-0.1, -0.05) is 27.4 Å². The molecule has 2 spiro atoms. The van der Waals surface area contributed by atoms with Crippen LogP contribution in [0.1, 0.15) is 53.4 Å². The van der Waals surface area contributed by atoms with Gasteiger partial charge in [-0.15, -0.1) is 0 Å². The summed E-state index contributed by atoms with van der Waals surface area (Å²) >= 11 is 0. The number of Topliss-reactive ketones (excluding diaryl/α,β-unsaturated/α-hetero) is 2. The number of carbonyl (C=O) groups excluding carboxylic acids is 2. The molecule has 4 saturated carbocycles. The van der Waals surface area contributed by atoms with Crippen molar-refractivity contribution in [3.05, 3.63) is 12.2 Å². The monoisotopic (exact) mass is 314 g/mol. The molecule has 5 aliphatic rings. The molecule has 0 amide bonds. The number of epoxide rings is 1. The van der Waals surface area contributed by atoms with Crippen LogP contribution in [0.4, 0.5) is 0 Å². The van der Waals surface area contributed by atoms with Gasteiger partial charge in [-0.2, -0.15) is 0 Å². The van der Waals surface area contributed by atoms with Crippen molar-refractivity contribution in [3.8, 4) is 0 Å². The maximum atomic E-state index is 13.3. The zero-order valence-corrected chi connectivity index (χ0v) is 14.6. The number of hydrogen-bond acceptors (Lipinski definition) is 3. The average Bonchev–Trinajstić information content (AvgIpc) is 2.98. The van der Waals surface area contributed by atoms with Crippen LogP contribution in [0.15, 0.2) is 12.2 Å². The van der Waals surface area contributed by atoms with E-state index in [1.807, 2.05) is 0 Å². The fourth-order valence-corrected chi connectivity index (χ4v) is 8.08. The molecule has 1 aliphatic heterocycles. The van der Waals surface area contributed by atoms with E-state index in [-0.39, 0.29) is 28.6 Å². The van der Waals surface area contributed by atoms with Gasteiger partial charge < -0.3 is 4.74 Å². The summed E-state index contributed by atoms with van der Waals surface area (Å²) in [5.41, 5.74) is -0.263. The van der Waals surface area contributed by atoms with Crippen molar-refractivity contribution >= 4 is 11.6 Å². The van der Waals surface area contributed by atoms with Crippen molar-refractivity contribution in [3.63, 3.8) is 0 Å². The first-order valence-electron chi connectivity index (χ1n) is 9.11. The highest BCUT2D eigenvalue weighted by Crippen LogP contribution is 2.86. The minimum Gasteiger partial charge on any atom is -0.356 e. The average molecular weight is 314 g/mol. The summed E-state index contributed by atoms with van der Waals surface area (Å²) in [4.78, 5) is 25.7. The van der Waals surface area contributed by atoms with Crippen LogP contribution in [-0.4, -0.2) is 23.3 Å². The van der Waals surface area contributed by atoms with Crippen molar-refractivity contribution in [2.24, 2.45) is 34.0 Å². The zero-order chi connectivity index (χ0) is 16.6. The fourth-order valence-electron chi connectivity index (χ4n) is 8.08. The Kier molecular flexibility index (Phi) is 2.20. The fraction of sp³-hybridized carbons (Fsp3) is 0.800. The number of carbonyl (C=O) groups is 2. The second kappa shape index (κ2) is 3.51. The third kappa shape index (κ3) is 1.05. The molecule has 7 atom stereocenters. The van der Waals surface area contributed by atoms with Gasteiger partial charge in [-0.3, -0.25) is 9.59 Å². The third-order valence-electron chi connectivity index (χ3n) is 9.11. The second-order valence-corrected chi connectivity index (χ2v) is 9.55. The summed E-state index contributed by atoms with van der Waals surface area (Å²) in [6, 6.07) is 0. The van der Waals surface area contributed by atoms with Crippen molar-refractivity contribution in [2.75, 3.05) is 0 Å². The summed E-state index contributed by atoms with van der Waals surface area (Å²) in [6.07, 6.45) is 3.51. The Morgan fingerprint density at radius 2 is 1.96 bits per heavy atom. The number of ether oxygens (including phenoxy) is 1. The first kappa shape index (κ1) is 14.4. The number of rotatable bonds is 1. The molecular weight excluding hydrogens is 288 g/mol. The Morgan fingerprint density at radius 1 is 1.26 bits per heavy atom. The topological polar surface area (TPSA) is 46.7 Å². The standard InChI is InChI=1S/C20H26O3/c1-10(2)12-6-7-19-8-13-11(3)15(22)16-20(13,23-16)18(19,5)14(21)9-17(12,19)4/h10,12-13,16H,3,6-9H2,1-2,4-5H3/t12-,13-,16-,17-,18+,19-,20+/m1/s1. The Morgan fingerprint density at radius 3 is 2.61 bits per heavy atom. The van der Waals surface area contributed by atoms with Crippen LogP contribution in [0.5, 0.6) is 0 Å². The lowest BCUT2D eigenvalue weighted by Crippen LogP contribution is -2.48. The van der Waals surface area contributed by atoms with E-state index < -0.39 is 11.0 Å². The maximum absolute atomic E-state index is 13.3. The summed E-state index contributed by atoms with van der Waals surface area (Å²) in [7, 11) is 0. The lowest BCUT2D eigenvalue weighted by Gasteiger charge is -2.46. The highest BCUT2D eigenvalue weighted by Gasteiger charge is 2.92. The molecule has 0 N–H and O–H groups in total. The van der Waals surface area contributed by atoms with Crippen LogP contribution in [0.25, 0.3) is 0 Å². The SMILES string of the molecule is C=C1C(=O)[C@H]2O[C@@]23[C@@H]1C[C@]12CC[C@H](C(C)C)[C@@]1(C)CC(=O)[C@]32C. The van der Waals surface area contributed by atoms with Gasteiger partial charge in [0.1, 0.15) is 11.4 Å². The van der Waals surface area contributed by atoms with E-state index in [1.165, 1.54) is 6.42 Å². The van der Waals surface area contributed by atoms with Crippen molar-refractivity contribution in [1.29, 1.82) is 0 Å². The lowest BCUT2D eigenvalue weighted by molar-refractivity contribution is -0.131. The van der Waals surface area contributed by atoms with Gasteiger partial charge in [0.05, 0.1) is 5.41 Å². The van der Waals surface area contributed by atoms with Crippen LogP contribution < -0.4 is 0 Å². The quantitative estimate of drug-likeness (QED) is 0.551. The van der Waals surface area contributed by atoms with E-state index in [4.69, 9.17) is 4.74 Å². The van der Waals surface area contributed by atoms with Gasteiger partial charge in [0, 0.05) is 12.3 Å². The third-order valence-corrected chi connectivity index (χ3v) is 9.11. The van der Waals surface area contributed by atoms with E-state index in [0.717, 1.165) is 18.4 Å². The number of hydrogen-bond donors (Lipinski definition) is 0. The van der Waals surface area contributed by atoms with Gasteiger partial charge in [0.2, 0.25) is 0 Å². The molecule has 0 aromatic heterocycles. The van der Waals surface area contributed by atoms with Crippen LogP contribution in [0.2, 0.25) is 0 Å². The van der Waals surface area contributed by atoms with Gasteiger partial charge >= 0.3 is 0 Å². The van der Waals surface area contributed by atoms with Crippen molar-refractivity contribution in [2.45, 2.75) is 65.1 Å². The van der Waals surface area contributed by atoms with Gasteiger partial charge in [-0.25, -0.2) is 0 Å². The van der Waals surface area contributed by atoms with Gasteiger partial charge in [-0.05, 0) is 54.4 Å². The molecule has 23 heavy (non-hydrogen) atoms. The van der Waals surface area contributed by atoms with E-state index in [9.17, 15) is 9.59 Å². The summed E-state index contributed by atoms with van der Waals surface area (Å²) in [5.74, 6) is 1.65. The molecule has 0 aromatic rings. The zero-order valence-electron chi connectivity index (χ0n) is 14.6. The first-order chi connectivity index (χ1) is 10.7. The van der Waals surface area contributed by atoms with Crippen LogP contribution in [0, 0.1) is 34.0 Å². The van der Waals surface area contributed by atoms with Gasteiger partial charge in [0.15, 0.2) is 11.9 Å². The lowest BCUT2D eigenvalue weighted by atomic mass is 9.56. The Balaban J connectivity index is 1.73. The first-order valence-corrected chi connectivity index (χ1v) is 9.11. The van der Waals surface area contributed by atoms with Crippen molar-refractivity contribution < 1.29 is 14.3 Å². The van der Waals surface area contributed by atoms with E-state index >= 15 is 0 Å². The smallest absolute Gasteiger partial charge is 0.190 e. The normalized spacial score (nSPS) is 59.3.